The summed E-state index contributed by atoms with van der Waals surface area (Å²) in [6.45, 7) is 8.31. The fourth-order valence-electron chi connectivity index (χ4n) is 2.11. The van der Waals surface area contributed by atoms with Gasteiger partial charge in [0, 0.05) is 6.42 Å². The second kappa shape index (κ2) is 4.12. The fourth-order valence-corrected chi connectivity index (χ4v) is 2.11. The van der Waals surface area contributed by atoms with E-state index in [4.69, 9.17) is 0 Å². The van der Waals surface area contributed by atoms with E-state index in [0.717, 1.165) is 6.42 Å². The van der Waals surface area contributed by atoms with E-state index in [-0.39, 0.29) is 11.2 Å². The molecule has 0 radical (unpaired) electrons. The lowest BCUT2D eigenvalue weighted by Gasteiger charge is -2.32. The third kappa shape index (κ3) is 2.57. The fraction of sp³-hybridized carbons (Fsp3) is 0.615. The van der Waals surface area contributed by atoms with Crippen molar-refractivity contribution in [1.82, 2.24) is 0 Å². The van der Waals surface area contributed by atoms with Crippen molar-refractivity contribution >= 4 is 5.78 Å². The van der Waals surface area contributed by atoms with Gasteiger partial charge < -0.3 is 0 Å². The molecule has 0 unspecified atom stereocenters. The number of ketones is 1. The predicted octanol–water partition coefficient (Wildman–Crippen LogP) is 3.66. The molecule has 1 heteroatoms. The van der Waals surface area contributed by atoms with E-state index in [9.17, 15) is 4.79 Å². The highest BCUT2D eigenvalue weighted by atomic mass is 16.1. The van der Waals surface area contributed by atoms with Gasteiger partial charge >= 0.3 is 0 Å². The van der Waals surface area contributed by atoms with Crippen LogP contribution in [0.4, 0.5) is 0 Å². The molecular weight excluding hydrogens is 172 g/mol. The number of carbonyl (C=O) groups excluding carboxylic acids is 1. The van der Waals surface area contributed by atoms with E-state index in [1.807, 2.05) is 0 Å². The Morgan fingerprint density at radius 2 is 2.21 bits per heavy atom. The van der Waals surface area contributed by atoms with Crippen molar-refractivity contribution < 1.29 is 4.79 Å². The van der Waals surface area contributed by atoms with E-state index >= 15 is 0 Å². The Labute approximate surface area is 86.9 Å². The largest absolute Gasteiger partial charge is 0.300 e. The molecular formula is C13H20O. The molecule has 0 bridgehead atoms. The van der Waals surface area contributed by atoms with Gasteiger partial charge in [0.2, 0.25) is 0 Å². The first-order valence-corrected chi connectivity index (χ1v) is 5.31. The highest BCUT2D eigenvalue weighted by Crippen LogP contribution is 2.40. The molecule has 0 saturated carbocycles. The summed E-state index contributed by atoms with van der Waals surface area (Å²) in [5.41, 5.74) is 2.95. The number of hydrogen-bond donors (Lipinski definition) is 0. The van der Waals surface area contributed by atoms with Crippen LogP contribution in [-0.2, 0) is 4.79 Å². The SMILES string of the molecule is CC(=O)CC=C1C(C)=CCCC1(C)C. The molecule has 78 valence electrons. The molecule has 1 rings (SSSR count). The van der Waals surface area contributed by atoms with Crippen molar-refractivity contribution in [3.63, 3.8) is 0 Å². The molecule has 0 atom stereocenters. The van der Waals surface area contributed by atoms with Gasteiger partial charge in [-0.05, 0) is 37.7 Å². The molecule has 14 heavy (non-hydrogen) atoms. The average Bonchev–Trinajstić information content (AvgIpc) is 2.01. The number of hydrogen-bond acceptors (Lipinski definition) is 1. The first kappa shape index (κ1) is 11.2. The second-order valence-electron chi connectivity index (χ2n) is 4.83. The summed E-state index contributed by atoms with van der Waals surface area (Å²) in [5, 5.41) is 0. The zero-order valence-electron chi connectivity index (χ0n) is 9.68. The lowest BCUT2D eigenvalue weighted by Crippen LogP contribution is -2.19. The smallest absolute Gasteiger partial charge is 0.133 e. The maximum Gasteiger partial charge on any atom is 0.133 e. The van der Waals surface area contributed by atoms with Gasteiger partial charge in [0.25, 0.3) is 0 Å². The van der Waals surface area contributed by atoms with Gasteiger partial charge in [-0.2, -0.15) is 0 Å². The van der Waals surface area contributed by atoms with Gasteiger partial charge in [-0.3, -0.25) is 4.79 Å². The Morgan fingerprint density at radius 1 is 1.57 bits per heavy atom. The molecule has 0 saturated heterocycles. The third-order valence-electron chi connectivity index (χ3n) is 2.97. The minimum Gasteiger partial charge on any atom is -0.300 e. The minimum absolute atomic E-state index is 0.242. The average molecular weight is 192 g/mol. The Hall–Kier alpha value is -0.850. The summed E-state index contributed by atoms with van der Waals surface area (Å²) in [7, 11) is 0. The summed E-state index contributed by atoms with van der Waals surface area (Å²) >= 11 is 0. The lowest BCUT2D eigenvalue weighted by molar-refractivity contribution is -0.116. The van der Waals surface area contributed by atoms with Crippen LogP contribution < -0.4 is 0 Å². The molecule has 0 N–H and O–H groups in total. The van der Waals surface area contributed by atoms with E-state index in [1.54, 1.807) is 6.92 Å². The predicted molar refractivity (Wildman–Crippen MR) is 60.2 cm³/mol. The standard InChI is InChI=1S/C13H20O/c1-10-6-5-9-13(3,4)12(10)8-7-11(2)14/h6,8H,5,7,9H2,1-4H3. The van der Waals surface area contributed by atoms with E-state index in [0.29, 0.717) is 6.42 Å². The van der Waals surface area contributed by atoms with E-state index in [2.05, 4.69) is 32.9 Å². The van der Waals surface area contributed by atoms with E-state index < -0.39 is 0 Å². The van der Waals surface area contributed by atoms with E-state index in [1.165, 1.54) is 17.6 Å². The Kier molecular flexibility index (Phi) is 3.30. The molecule has 1 aliphatic carbocycles. The van der Waals surface area contributed by atoms with Crippen LogP contribution in [0.3, 0.4) is 0 Å². The van der Waals surface area contributed by atoms with Crippen molar-refractivity contribution in [2.45, 2.75) is 47.0 Å². The molecule has 0 spiro atoms. The third-order valence-corrected chi connectivity index (χ3v) is 2.97. The highest BCUT2D eigenvalue weighted by molar-refractivity contribution is 5.77. The molecule has 0 heterocycles. The minimum atomic E-state index is 0.242. The quantitative estimate of drug-likeness (QED) is 0.652. The monoisotopic (exact) mass is 192 g/mol. The van der Waals surface area contributed by atoms with Gasteiger partial charge in [0.1, 0.15) is 5.78 Å². The van der Waals surface area contributed by atoms with Crippen molar-refractivity contribution in [2.24, 2.45) is 5.41 Å². The van der Waals surface area contributed by atoms with Crippen LogP contribution in [0.5, 0.6) is 0 Å². The maximum absolute atomic E-state index is 10.9. The Balaban J connectivity index is 2.91. The van der Waals surface area contributed by atoms with Crippen molar-refractivity contribution in [3.05, 3.63) is 23.3 Å². The van der Waals surface area contributed by atoms with Crippen LogP contribution in [0.2, 0.25) is 0 Å². The summed E-state index contributed by atoms with van der Waals surface area (Å²) in [6.07, 6.45) is 7.30. The molecule has 0 aromatic rings. The topological polar surface area (TPSA) is 17.1 Å². The van der Waals surface area contributed by atoms with Gasteiger partial charge in [0.15, 0.2) is 0 Å². The highest BCUT2D eigenvalue weighted by Gasteiger charge is 2.26. The molecule has 0 aromatic carbocycles. The van der Waals surface area contributed by atoms with Gasteiger partial charge in [-0.25, -0.2) is 0 Å². The van der Waals surface area contributed by atoms with Gasteiger partial charge in [0.05, 0.1) is 0 Å². The maximum atomic E-state index is 10.9. The molecule has 0 fully saturated rings. The van der Waals surface area contributed by atoms with Crippen LogP contribution in [0, 0.1) is 5.41 Å². The summed E-state index contributed by atoms with van der Waals surface area (Å²) < 4.78 is 0. The molecule has 0 aliphatic heterocycles. The van der Waals surface area contributed by atoms with Crippen LogP contribution >= 0.6 is 0 Å². The first-order chi connectivity index (χ1) is 6.43. The Morgan fingerprint density at radius 3 is 2.71 bits per heavy atom. The van der Waals surface area contributed by atoms with Crippen LogP contribution in [-0.4, -0.2) is 5.78 Å². The molecule has 1 nitrogen and oxygen atoms in total. The number of carbonyl (C=O) groups is 1. The summed E-state index contributed by atoms with van der Waals surface area (Å²) in [5.74, 6) is 0.242. The lowest BCUT2D eigenvalue weighted by atomic mass is 9.73. The summed E-state index contributed by atoms with van der Waals surface area (Å²) in [6, 6.07) is 0. The van der Waals surface area contributed by atoms with Crippen molar-refractivity contribution in [2.75, 3.05) is 0 Å². The normalized spacial score (nSPS) is 23.4. The second-order valence-corrected chi connectivity index (χ2v) is 4.83. The van der Waals surface area contributed by atoms with Crippen molar-refractivity contribution in [3.8, 4) is 0 Å². The number of allylic oxidation sites excluding steroid dienone is 4. The zero-order chi connectivity index (χ0) is 10.8. The number of rotatable bonds is 2. The van der Waals surface area contributed by atoms with Gasteiger partial charge in [-0.15, -0.1) is 0 Å². The van der Waals surface area contributed by atoms with Crippen LogP contribution in [0.15, 0.2) is 23.3 Å². The molecule has 1 aliphatic rings. The Bertz CT molecular complexity index is 292. The molecule has 0 amide bonds. The number of Topliss-reactive ketones (excluding diaryl/α,β-unsaturated/α-hetero) is 1. The van der Waals surface area contributed by atoms with Crippen molar-refractivity contribution in [1.29, 1.82) is 0 Å². The van der Waals surface area contributed by atoms with Crippen LogP contribution in [0.1, 0.15) is 47.0 Å². The first-order valence-electron chi connectivity index (χ1n) is 5.31. The summed E-state index contributed by atoms with van der Waals surface area (Å²) in [4.78, 5) is 10.9. The molecule has 0 aromatic heterocycles. The zero-order valence-corrected chi connectivity index (χ0v) is 9.68. The van der Waals surface area contributed by atoms with Crippen LogP contribution in [0.25, 0.3) is 0 Å². The van der Waals surface area contributed by atoms with Gasteiger partial charge in [-0.1, -0.05) is 31.6 Å².